The molecular formula is C23H29FN6O3. The summed E-state index contributed by atoms with van der Waals surface area (Å²) in [7, 11) is 0. The lowest BCUT2D eigenvalue weighted by Gasteiger charge is -2.41. The summed E-state index contributed by atoms with van der Waals surface area (Å²) in [5.74, 6) is 0.615. The van der Waals surface area contributed by atoms with Crippen molar-refractivity contribution in [2.24, 2.45) is 0 Å². The third-order valence-corrected chi connectivity index (χ3v) is 7.02. The molecule has 2 fully saturated rings. The van der Waals surface area contributed by atoms with Crippen LogP contribution in [-0.4, -0.2) is 79.6 Å². The zero-order valence-corrected chi connectivity index (χ0v) is 18.8. The van der Waals surface area contributed by atoms with Gasteiger partial charge in [-0.25, -0.2) is 4.39 Å². The molecule has 4 heterocycles. The van der Waals surface area contributed by atoms with Crippen LogP contribution in [0.1, 0.15) is 50.1 Å². The molecule has 0 spiro atoms. The van der Waals surface area contributed by atoms with Crippen LogP contribution in [0.2, 0.25) is 0 Å². The standard InChI is InChI=1S/C23H29FN6O3/c1-2-19-18-4-3-16(24)13-20(18)30(26-19)23-25-22(33-27-23)15-5-9-28(10-6-15)17-7-11-29(12-8-17)21(32)14-31/h3-4,13,15,17,31H,2,5-12,14H2,1H3. The second kappa shape index (κ2) is 9.18. The SMILES string of the molecule is CCc1nn(-c2noc(C3CCN(C4CCN(C(=O)CO)CC4)CC3)n2)c2cc(F)ccc12. The Hall–Kier alpha value is -2.85. The number of hydrogen-bond donors (Lipinski definition) is 1. The van der Waals surface area contributed by atoms with Crippen molar-refractivity contribution in [1.82, 2.24) is 29.7 Å². The molecule has 33 heavy (non-hydrogen) atoms. The van der Waals surface area contributed by atoms with Gasteiger partial charge in [-0.2, -0.15) is 14.8 Å². The van der Waals surface area contributed by atoms with Gasteiger partial charge in [-0.15, -0.1) is 0 Å². The Morgan fingerprint density at radius 3 is 2.64 bits per heavy atom. The number of halogens is 1. The summed E-state index contributed by atoms with van der Waals surface area (Å²) >= 11 is 0. The van der Waals surface area contributed by atoms with Crippen molar-refractivity contribution in [3.05, 3.63) is 35.6 Å². The molecule has 3 aromatic rings. The molecule has 0 radical (unpaired) electrons. The topological polar surface area (TPSA) is 101 Å². The summed E-state index contributed by atoms with van der Waals surface area (Å²) < 4.78 is 21.1. The number of aliphatic hydroxyl groups is 1. The average molecular weight is 457 g/mol. The molecule has 1 aromatic carbocycles. The van der Waals surface area contributed by atoms with E-state index in [9.17, 15) is 9.18 Å². The second-order valence-corrected chi connectivity index (χ2v) is 8.89. The first-order valence-corrected chi connectivity index (χ1v) is 11.7. The third-order valence-electron chi connectivity index (χ3n) is 7.02. The van der Waals surface area contributed by atoms with Gasteiger partial charge in [-0.05, 0) is 62.5 Å². The van der Waals surface area contributed by atoms with Crippen molar-refractivity contribution in [3.8, 4) is 5.95 Å². The first-order valence-electron chi connectivity index (χ1n) is 11.7. The van der Waals surface area contributed by atoms with Crippen LogP contribution in [0, 0.1) is 5.82 Å². The Balaban J connectivity index is 1.24. The molecule has 0 unspecified atom stereocenters. The summed E-state index contributed by atoms with van der Waals surface area (Å²) in [6.45, 7) is 4.89. The van der Waals surface area contributed by atoms with Gasteiger partial charge in [0.2, 0.25) is 11.8 Å². The van der Waals surface area contributed by atoms with E-state index in [2.05, 4.69) is 20.1 Å². The van der Waals surface area contributed by atoms with Crippen molar-refractivity contribution in [2.75, 3.05) is 32.8 Å². The number of aryl methyl sites for hydroxylation is 1. The highest BCUT2D eigenvalue weighted by Crippen LogP contribution is 2.31. The van der Waals surface area contributed by atoms with Crippen LogP contribution >= 0.6 is 0 Å². The van der Waals surface area contributed by atoms with Gasteiger partial charge in [-0.1, -0.05) is 6.92 Å². The van der Waals surface area contributed by atoms with E-state index < -0.39 is 6.61 Å². The lowest BCUT2D eigenvalue weighted by Crippen LogP contribution is -2.49. The van der Waals surface area contributed by atoms with Crippen LogP contribution in [0.4, 0.5) is 4.39 Å². The quantitative estimate of drug-likeness (QED) is 0.629. The number of piperidine rings is 2. The first-order chi connectivity index (χ1) is 16.1. The van der Waals surface area contributed by atoms with Gasteiger partial charge in [0.05, 0.1) is 11.2 Å². The van der Waals surface area contributed by atoms with Crippen LogP contribution in [0.5, 0.6) is 0 Å². The number of nitrogens with zero attached hydrogens (tertiary/aromatic N) is 6. The highest BCUT2D eigenvalue weighted by Gasteiger charge is 2.32. The number of aliphatic hydroxyl groups excluding tert-OH is 1. The molecule has 0 atom stereocenters. The average Bonchev–Trinajstić information content (AvgIpc) is 3.48. The molecular weight excluding hydrogens is 427 g/mol. The van der Waals surface area contributed by atoms with E-state index in [0.717, 1.165) is 56.3 Å². The van der Waals surface area contributed by atoms with Crippen LogP contribution in [0.15, 0.2) is 22.7 Å². The molecule has 9 nitrogen and oxygen atoms in total. The van der Waals surface area contributed by atoms with E-state index in [1.54, 1.807) is 15.6 Å². The Kier molecular flexibility index (Phi) is 6.11. The molecule has 1 N–H and O–H groups in total. The van der Waals surface area contributed by atoms with Crippen LogP contribution in [0.25, 0.3) is 16.9 Å². The molecule has 0 bridgehead atoms. The van der Waals surface area contributed by atoms with Gasteiger partial charge in [0, 0.05) is 36.5 Å². The van der Waals surface area contributed by atoms with E-state index in [4.69, 9.17) is 9.63 Å². The predicted molar refractivity (Wildman–Crippen MR) is 118 cm³/mol. The first kappa shape index (κ1) is 22.0. The molecule has 10 heteroatoms. The molecule has 2 aliphatic rings. The minimum absolute atomic E-state index is 0.182. The second-order valence-electron chi connectivity index (χ2n) is 8.89. The maximum atomic E-state index is 13.9. The minimum Gasteiger partial charge on any atom is -0.387 e. The number of carbonyl (C=O) groups excluding carboxylic acids is 1. The Morgan fingerprint density at radius 2 is 1.94 bits per heavy atom. The highest BCUT2D eigenvalue weighted by molar-refractivity contribution is 5.83. The fourth-order valence-corrected chi connectivity index (χ4v) is 5.14. The fourth-order valence-electron chi connectivity index (χ4n) is 5.14. The molecule has 0 saturated carbocycles. The zero-order valence-electron chi connectivity index (χ0n) is 18.8. The normalized spacial score (nSPS) is 18.9. The van der Waals surface area contributed by atoms with Gasteiger partial charge in [0.1, 0.15) is 12.4 Å². The Morgan fingerprint density at radius 1 is 1.18 bits per heavy atom. The van der Waals surface area contributed by atoms with Gasteiger partial charge in [0.25, 0.3) is 5.95 Å². The summed E-state index contributed by atoms with van der Waals surface area (Å²) in [4.78, 5) is 20.5. The van der Waals surface area contributed by atoms with Crippen molar-refractivity contribution >= 4 is 16.8 Å². The summed E-state index contributed by atoms with van der Waals surface area (Å²) in [5, 5.41) is 18.7. The molecule has 2 saturated heterocycles. The molecule has 1 amide bonds. The number of fused-ring (bicyclic) bond motifs is 1. The smallest absolute Gasteiger partial charge is 0.291 e. The minimum atomic E-state index is -0.411. The zero-order chi connectivity index (χ0) is 22.9. The number of amides is 1. The third kappa shape index (κ3) is 4.24. The summed E-state index contributed by atoms with van der Waals surface area (Å²) in [5.41, 5.74) is 1.51. The number of rotatable bonds is 5. The van der Waals surface area contributed by atoms with E-state index in [-0.39, 0.29) is 17.6 Å². The number of likely N-dealkylation sites (tertiary alicyclic amines) is 2. The fraction of sp³-hybridized carbons (Fsp3) is 0.565. The van der Waals surface area contributed by atoms with Crippen molar-refractivity contribution in [1.29, 1.82) is 0 Å². The largest absolute Gasteiger partial charge is 0.387 e. The van der Waals surface area contributed by atoms with Gasteiger partial charge < -0.3 is 19.4 Å². The lowest BCUT2D eigenvalue weighted by atomic mass is 9.93. The van der Waals surface area contributed by atoms with Gasteiger partial charge >= 0.3 is 0 Å². The molecule has 2 aromatic heterocycles. The van der Waals surface area contributed by atoms with Crippen LogP contribution < -0.4 is 0 Å². The van der Waals surface area contributed by atoms with Crippen molar-refractivity contribution in [3.63, 3.8) is 0 Å². The van der Waals surface area contributed by atoms with E-state index >= 15 is 0 Å². The lowest BCUT2D eigenvalue weighted by molar-refractivity contribution is -0.135. The number of aromatic nitrogens is 4. The predicted octanol–water partition coefficient (Wildman–Crippen LogP) is 2.27. The van der Waals surface area contributed by atoms with Crippen molar-refractivity contribution < 1.29 is 18.8 Å². The maximum absolute atomic E-state index is 13.9. The molecule has 176 valence electrons. The summed E-state index contributed by atoms with van der Waals surface area (Å²) in [6, 6.07) is 5.10. The van der Waals surface area contributed by atoms with E-state index in [0.29, 0.717) is 36.5 Å². The Labute approximate surface area is 191 Å². The van der Waals surface area contributed by atoms with Crippen molar-refractivity contribution in [2.45, 2.75) is 51.0 Å². The van der Waals surface area contributed by atoms with Gasteiger partial charge in [0.15, 0.2) is 0 Å². The van der Waals surface area contributed by atoms with Crippen LogP contribution in [-0.2, 0) is 11.2 Å². The van der Waals surface area contributed by atoms with Crippen LogP contribution in [0.3, 0.4) is 0 Å². The monoisotopic (exact) mass is 456 g/mol. The number of carbonyl (C=O) groups is 1. The number of benzene rings is 1. The Bertz CT molecular complexity index is 1130. The molecule has 0 aliphatic carbocycles. The summed E-state index contributed by atoms with van der Waals surface area (Å²) in [6.07, 6.45) is 4.44. The van der Waals surface area contributed by atoms with E-state index in [1.807, 2.05) is 6.92 Å². The number of hydrogen-bond acceptors (Lipinski definition) is 7. The molecule has 2 aliphatic heterocycles. The molecule has 5 rings (SSSR count). The highest BCUT2D eigenvalue weighted by atomic mass is 19.1. The maximum Gasteiger partial charge on any atom is 0.291 e. The van der Waals surface area contributed by atoms with E-state index in [1.165, 1.54) is 12.1 Å². The van der Waals surface area contributed by atoms with Gasteiger partial charge in [-0.3, -0.25) is 4.79 Å².